The Labute approximate surface area is 155 Å². The number of rotatable bonds is 3. The standard InChI is InChI=1S/C19H23BFNO2.ClH/c1-18(2)19(3,4)24-20(23-18)15-10-8-13(9-11-15)17(22)14-6-5-7-16(21)12-14;/h5-12,17H,22H2,1-4H3;1H. The Bertz CT molecular complexity index is 720. The molecule has 0 aliphatic carbocycles. The molecule has 134 valence electrons. The summed E-state index contributed by atoms with van der Waals surface area (Å²) >= 11 is 0. The van der Waals surface area contributed by atoms with E-state index in [-0.39, 0.29) is 35.5 Å². The second-order valence-electron chi connectivity index (χ2n) is 7.29. The molecule has 6 heteroatoms. The van der Waals surface area contributed by atoms with Crippen LogP contribution in [-0.4, -0.2) is 18.3 Å². The third kappa shape index (κ3) is 3.90. The molecule has 1 aliphatic heterocycles. The highest BCUT2D eigenvalue weighted by molar-refractivity contribution is 6.62. The summed E-state index contributed by atoms with van der Waals surface area (Å²) in [6, 6.07) is 13.8. The molecule has 0 radical (unpaired) electrons. The Hall–Kier alpha value is -1.40. The van der Waals surface area contributed by atoms with E-state index in [1.165, 1.54) is 12.1 Å². The number of hydrogen-bond donors (Lipinski definition) is 1. The van der Waals surface area contributed by atoms with Gasteiger partial charge in [-0.25, -0.2) is 4.39 Å². The summed E-state index contributed by atoms with van der Waals surface area (Å²) < 4.78 is 25.5. The maximum absolute atomic E-state index is 13.4. The fraction of sp³-hybridized carbons (Fsp3) is 0.368. The number of benzene rings is 2. The number of hydrogen-bond acceptors (Lipinski definition) is 3. The van der Waals surface area contributed by atoms with Gasteiger partial charge >= 0.3 is 7.12 Å². The fourth-order valence-corrected chi connectivity index (χ4v) is 2.73. The quantitative estimate of drug-likeness (QED) is 0.848. The predicted molar refractivity (Wildman–Crippen MR) is 102 cm³/mol. The van der Waals surface area contributed by atoms with Crippen LogP contribution < -0.4 is 11.2 Å². The molecule has 1 heterocycles. The summed E-state index contributed by atoms with van der Waals surface area (Å²) in [6.07, 6.45) is 0. The average molecular weight is 364 g/mol. The zero-order valence-electron chi connectivity index (χ0n) is 15.0. The van der Waals surface area contributed by atoms with Crippen LogP contribution in [0.4, 0.5) is 4.39 Å². The van der Waals surface area contributed by atoms with E-state index in [9.17, 15) is 4.39 Å². The molecule has 0 amide bonds. The zero-order chi connectivity index (χ0) is 17.5. The van der Waals surface area contributed by atoms with Crippen molar-refractivity contribution in [3.8, 4) is 0 Å². The van der Waals surface area contributed by atoms with Crippen LogP contribution in [0, 0.1) is 5.82 Å². The van der Waals surface area contributed by atoms with Crippen LogP contribution in [-0.2, 0) is 9.31 Å². The second kappa shape index (κ2) is 7.08. The number of nitrogens with two attached hydrogens (primary N) is 1. The monoisotopic (exact) mass is 363 g/mol. The van der Waals surface area contributed by atoms with Gasteiger partial charge in [0.1, 0.15) is 5.82 Å². The molecule has 25 heavy (non-hydrogen) atoms. The topological polar surface area (TPSA) is 44.5 Å². The molecule has 3 rings (SSSR count). The lowest BCUT2D eigenvalue weighted by Crippen LogP contribution is -2.41. The van der Waals surface area contributed by atoms with Gasteiger partial charge in [0, 0.05) is 0 Å². The predicted octanol–water partition coefficient (Wildman–Crippen LogP) is 3.59. The van der Waals surface area contributed by atoms with Crippen molar-refractivity contribution >= 4 is 25.0 Å². The molecule has 1 fully saturated rings. The summed E-state index contributed by atoms with van der Waals surface area (Å²) in [5.74, 6) is -0.281. The van der Waals surface area contributed by atoms with Gasteiger partial charge in [0.15, 0.2) is 0 Å². The van der Waals surface area contributed by atoms with Gasteiger partial charge in [-0.05, 0) is 56.4 Å². The first kappa shape index (κ1) is 19.9. The van der Waals surface area contributed by atoms with Crippen molar-refractivity contribution in [3.63, 3.8) is 0 Å². The van der Waals surface area contributed by atoms with E-state index in [1.54, 1.807) is 6.07 Å². The van der Waals surface area contributed by atoms with Gasteiger partial charge in [-0.1, -0.05) is 36.4 Å². The van der Waals surface area contributed by atoms with Gasteiger partial charge in [-0.3, -0.25) is 0 Å². The maximum Gasteiger partial charge on any atom is 0.494 e. The molecular formula is C19H24BClFNO2. The highest BCUT2D eigenvalue weighted by Crippen LogP contribution is 2.36. The van der Waals surface area contributed by atoms with Gasteiger partial charge in [-0.15, -0.1) is 12.4 Å². The van der Waals surface area contributed by atoms with Gasteiger partial charge < -0.3 is 15.0 Å². The van der Waals surface area contributed by atoms with Crippen molar-refractivity contribution in [2.45, 2.75) is 44.9 Å². The van der Waals surface area contributed by atoms with Gasteiger partial charge in [0.2, 0.25) is 0 Å². The number of halogens is 2. The lowest BCUT2D eigenvalue weighted by Gasteiger charge is -2.32. The fourth-order valence-electron chi connectivity index (χ4n) is 2.73. The molecule has 0 saturated carbocycles. The molecule has 2 aromatic rings. The zero-order valence-corrected chi connectivity index (χ0v) is 15.8. The molecule has 1 atom stereocenters. The van der Waals surface area contributed by atoms with Crippen molar-refractivity contribution < 1.29 is 13.7 Å². The van der Waals surface area contributed by atoms with E-state index in [4.69, 9.17) is 15.0 Å². The summed E-state index contributed by atoms with van der Waals surface area (Å²) in [4.78, 5) is 0. The van der Waals surface area contributed by atoms with Crippen LogP contribution in [0.1, 0.15) is 44.9 Å². The van der Waals surface area contributed by atoms with E-state index in [2.05, 4.69) is 0 Å². The molecule has 0 aromatic heterocycles. The summed E-state index contributed by atoms with van der Waals surface area (Å²) in [5, 5.41) is 0. The van der Waals surface area contributed by atoms with E-state index >= 15 is 0 Å². The minimum absolute atomic E-state index is 0. The van der Waals surface area contributed by atoms with E-state index < -0.39 is 7.12 Å². The molecule has 2 aromatic carbocycles. The Morgan fingerprint density at radius 3 is 2.00 bits per heavy atom. The first-order valence-electron chi connectivity index (χ1n) is 8.16. The Balaban J connectivity index is 0.00000225. The van der Waals surface area contributed by atoms with Crippen molar-refractivity contribution in [2.75, 3.05) is 0 Å². The third-order valence-corrected chi connectivity index (χ3v) is 5.03. The molecular weight excluding hydrogens is 339 g/mol. The molecule has 0 bridgehead atoms. The Kier molecular flexibility index (Phi) is 5.64. The Morgan fingerprint density at radius 2 is 1.48 bits per heavy atom. The second-order valence-corrected chi connectivity index (χ2v) is 7.29. The van der Waals surface area contributed by atoms with Crippen LogP contribution in [0.25, 0.3) is 0 Å². The first-order valence-corrected chi connectivity index (χ1v) is 8.16. The SMILES string of the molecule is CC1(C)OB(c2ccc(C(N)c3cccc(F)c3)cc2)OC1(C)C.Cl. The van der Waals surface area contributed by atoms with Crippen LogP contribution in [0.15, 0.2) is 48.5 Å². The average Bonchev–Trinajstić information content (AvgIpc) is 2.75. The van der Waals surface area contributed by atoms with E-state index in [0.717, 1.165) is 16.6 Å². The molecule has 2 N–H and O–H groups in total. The smallest absolute Gasteiger partial charge is 0.399 e. The van der Waals surface area contributed by atoms with Crippen molar-refractivity contribution in [1.82, 2.24) is 0 Å². The van der Waals surface area contributed by atoms with Gasteiger partial charge in [0.25, 0.3) is 0 Å². The molecule has 1 aliphatic rings. The van der Waals surface area contributed by atoms with E-state index in [1.807, 2.05) is 58.0 Å². The van der Waals surface area contributed by atoms with Crippen LogP contribution >= 0.6 is 12.4 Å². The third-order valence-electron chi connectivity index (χ3n) is 5.03. The summed E-state index contributed by atoms with van der Waals surface area (Å²) in [5.41, 5.74) is 8.13. The van der Waals surface area contributed by atoms with Crippen molar-refractivity contribution in [2.24, 2.45) is 5.73 Å². The highest BCUT2D eigenvalue weighted by atomic mass is 35.5. The van der Waals surface area contributed by atoms with Crippen LogP contribution in [0.2, 0.25) is 0 Å². The normalized spacial score (nSPS) is 19.4. The minimum Gasteiger partial charge on any atom is -0.399 e. The molecule has 1 saturated heterocycles. The largest absolute Gasteiger partial charge is 0.494 e. The lowest BCUT2D eigenvalue weighted by molar-refractivity contribution is 0.00578. The Morgan fingerprint density at radius 1 is 0.920 bits per heavy atom. The lowest BCUT2D eigenvalue weighted by atomic mass is 9.78. The van der Waals surface area contributed by atoms with E-state index in [0.29, 0.717) is 0 Å². The molecule has 3 nitrogen and oxygen atoms in total. The minimum atomic E-state index is -0.394. The highest BCUT2D eigenvalue weighted by Gasteiger charge is 2.51. The first-order chi connectivity index (χ1) is 11.2. The van der Waals surface area contributed by atoms with Crippen LogP contribution in [0.3, 0.4) is 0 Å². The molecule has 1 unspecified atom stereocenters. The maximum atomic E-state index is 13.4. The van der Waals surface area contributed by atoms with Crippen molar-refractivity contribution in [3.05, 3.63) is 65.5 Å². The van der Waals surface area contributed by atoms with Crippen LogP contribution in [0.5, 0.6) is 0 Å². The summed E-state index contributed by atoms with van der Waals surface area (Å²) in [6.45, 7) is 8.12. The van der Waals surface area contributed by atoms with Gasteiger partial charge in [0.05, 0.1) is 17.2 Å². The molecule has 0 spiro atoms. The summed E-state index contributed by atoms with van der Waals surface area (Å²) in [7, 11) is -0.394. The van der Waals surface area contributed by atoms with Gasteiger partial charge in [-0.2, -0.15) is 0 Å². The van der Waals surface area contributed by atoms with Crippen molar-refractivity contribution in [1.29, 1.82) is 0 Å².